The molecule has 84 valence electrons. The number of hydrogen-bond donors (Lipinski definition) is 1. The fourth-order valence-electron chi connectivity index (χ4n) is 1.56. The quantitative estimate of drug-likeness (QED) is 0.821. The Kier molecular flexibility index (Phi) is 3.61. The summed E-state index contributed by atoms with van der Waals surface area (Å²) >= 11 is 3.80. The van der Waals surface area contributed by atoms with E-state index >= 15 is 0 Å². The van der Waals surface area contributed by atoms with Crippen molar-refractivity contribution in [2.24, 2.45) is 5.73 Å². The Morgan fingerprint density at radius 3 is 2.69 bits per heavy atom. The molecule has 0 radical (unpaired) electrons. The van der Waals surface area contributed by atoms with Crippen molar-refractivity contribution in [3.63, 3.8) is 0 Å². The molecule has 4 heteroatoms. The van der Waals surface area contributed by atoms with Gasteiger partial charge in [0.15, 0.2) is 0 Å². The number of benzene rings is 1. The van der Waals surface area contributed by atoms with Crippen molar-refractivity contribution < 1.29 is 4.39 Å². The number of hydrogen-bond acceptors (Lipinski definition) is 2. The van der Waals surface area contributed by atoms with Crippen LogP contribution in [0.1, 0.15) is 22.0 Å². The minimum absolute atomic E-state index is 0.169. The summed E-state index contributed by atoms with van der Waals surface area (Å²) in [6.45, 7) is 2.05. The fraction of sp³-hybridized carbons (Fsp3) is 0.167. The molecular formula is C12H11FINS. The van der Waals surface area contributed by atoms with Gasteiger partial charge in [0.1, 0.15) is 5.82 Å². The number of rotatable bonds is 2. The van der Waals surface area contributed by atoms with E-state index in [-0.39, 0.29) is 11.9 Å². The van der Waals surface area contributed by atoms with Gasteiger partial charge in [-0.1, -0.05) is 6.07 Å². The Hall–Kier alpha value is -0.460. The summed E-state index contributed by atoms with van der Waals surface area (Å²) < 4.78 is 13.8. The maximum absolute atomic E-state index is 13.0. The number of thiophene rings is 1. The first-order valence-corrected chi connectivity index (χ1v) is 6.79. The van der Waals surface area contributed by atoms with Gasteiger partial charge in [0.25, 0.3) is 0 Å². The zero-order valence-corrected chi connectivity index (χ0v) is 11.7. The SMILES string of the molecule is Cc1cc(C(N)c2ccc(F)cc2I)cs1. The van der Waals surface area contributed by atoms with Crippen LogP contribution in [0.4, 0.5) is 4.39 Å². The van der Waals surface area contributed by atoms with Gasteiger partial charge < -0.3 is 5.73 Å². The summed E-state index contributed by atoms with van der Waals surface area (Å²) in [5.74, 6) is -0.221. The maximum Gasteiger partial charge on any atom is 0.124 e. The molecule has 0 aliphatic rings. The lowest BCUT2D eigenvalue weighted by atomic mass is 10.0. The first kappa shape index (κ1) is 12.0. The van der Waals surface area contributed by atoms with Gasteiger partial charge in [-0.15, -0.1) is 11.3 Å². The van der Waals surface area contributed by atoms with Gasteiger partial charge in [-0.05, 0) is 64.2 Å². The highest BCUT2D eigenvalue weighted by Crippen LogP contribution is 2.27. The molecule has 0 bridgehead atoms. The summed E-state index contributed by atoms with van der Waals surface area (Å²) in [6.07, 6.45) is 0. The van der Waals surface area contributed by atoms with E-state index < -0.39 is 0 Å². The molecule has 0 aliphatic carbocycles. The molecule has 1 unspecified atom stereocenters. The Morgan fingerprint density at radius 1 is 1.38 bits per heavy atom. The Labute approximate surface area is 112 Å². The number of aryl methyl sites for hydroxylation is 1. The lowest BCUT2D eigenvalue weighted by molar-refractivity contribution is 0.625. The van der Waals surface area contributed by atoms with Crippen LogP contribution in [0.2, 0.25) is 0 Å². The molecule has 2 N–H and O–H groups in total. The van der Waals surface area contributed by atoms with Crippen LogP contribution in [0.3, 0.4) is 0 Å². The second-order valence-electron chi connectivity index (χ2n) is 3.63. The molecular weight excluding hydrogens is 336 g/mol. The highest BCUT2D eigenvalue weighted by Gasteiger charge is 2.13. The van der Waals surface area contributed by atoms with E-state index in [9.17, 15) is 4.39 Å². The van der Waals surface area contributed by atoms with Gasteiger partial charge in [0.05, 0.1) is 6.04 Å². The zero-order chi connectivity index (χ0) is 11.7. The van der Waals surface area contributed by atoms with Crippen molar-refractivity contribution >= 4 is 33.9 Å². The van der Waals surface area contributed by atoms with Crippen molar-refractivity contribution in [1.82, 2.24) is 0 Å². The number of halogens is 2. The normalized spacial score (nSPS) is 12.8. The summed E-state index contributed by atoms with van der Waals surface area (Å²) in [4.78, 5) is 1.24. The standard InChI is InChI=1S/C12H11FINS/c1-7-4-8(6-16-7)12(15)10-3-2-9(13)5-11(10)14/h2-6,12H,15H2,1H3. The summed E-state index contributed by atoms with van der Waals surface area (Å²) in [7, 11) is 0. The first-order valence-electron chi connectivity index (χ1n) is 4.83. The molecule has 1 heterocycles. The first-order chi connectivity index (χ1) is 7.58. The van der Waals surface area contributed by atoms with Crippen molar-refractivity contribution in [2.45, 2.75) is 13.0 Å². The van der Waals surface area contributed by atoms with E-state index in [4.69, 9.17) is 5.73 Å². The van der Waals surface area contributed by atoms with Crippen LogP contribution in [-0.4, -0.2) is 0 Å². The van der Waals surface area contributed by atoms with Gasteiger partial charge in [-0.25, -0.2) is 4.39 Å². The van der Waals surface area contributed by atoms with Crippen molar-refractivity contribution in [1.29, 1.82) is 0 Å². The Balaban J connectivity index is 2.37. The molecule has 0 amide bonds. The predicted molar refractivity (Wildman–Crippen MR) is 74.2 cm³/mol. The fourth-order valence-corrected chi connectivity index (χ4v) is 3.11. The van der Waals surface area contributed by atoms with E-state index in [2.05, 4.69) is 41.0 Å². The van der Waals surface area contributed by atoms with E-state index in [1.54, 1.807) is 17.4 Å². The topological polar surface area (TPSA) is 26.0 Å². The van der Waals surface area contributed by atoms with Crippen molar-refractivity contribution in [3.8, 4) is 0 Å². The molecule has 2 aromatic rings. The van der Waals surface area contributed by atoms with Crippen LogP contribution in [0.25, 0.3) is 0 Å². The molecule has 0 aliphatic heterocycles. The van der Waals surface area contributed by atoms with Gasteiger partial charge in [0, 0.05) is 8.45 Å². The highest BCUT2D eigenvalue weighted by molar-refractivity contribution is 14.1. The third-order valence-corrected chi connectivity index (χ3v) is 4.22. The van der Waals surface area contributed by atoms with Crippen LogP contribution in [0, 0.1) is 16.3 Å². The van der Waals surface area contributed by atoms with E-state index in [1.807, 2.05) is 0 Å². The molecule has 0 fully saturated rings. The highest BCUT2D eigenvalue weighted by atomic mass is 127. The maximum atomic E-state index is 13.0. The molecule has 1 aromatic heterocycles. The lowest BCUT2D eigenvalue weighted by Gasteiger charge is -2.12. The second-order valence-corrected chi connectivity index (χ2v) is 5.91. The molecule has 0 saturated heterocycles. The molecule has 1 aromatic carbocycles. The van der Waals surface area contributed by atoms with Crippen LogP contribution in [0.15, 0.2) is 29.6 Å². The van der Waals surface area contributed by atoms with Crippen LogP contribution in [0.5, 0.6) is 0 Å². The summed E-state index contributed by atoms with van der Waals surface area (Å²) in [6, 6.07) is 6.63. The van der Waals surface area contributed by atoms with Gasteiger partial charge >= 0.3 is 0 Å². The van der Waals surface area contributed by atoms with Crippen molar-refractivity contribution in [3.05, 3.63) is 55.0 Å². The average molecular weight is 347 g/mol. The molecule has 0 saturated carbocycles. The third kappa shape index (κ3) is 2.44. The van der Waals surface area contributed by atoms with E-state index in [0.717, 1.165) is 14.7 Å². The second kappa shape index (κ2) is 4.81. The molecule has 2 rings (SSSR count). The van der Waals surface area contributed by atoms with Crippen LogP contribution < -0.4 is 5.73 Å². The average Bonchev–Trinajstić information content (AvgIpc) is 2.64. The molecule has 1 nitrogen and oxygen atoms in total. The summed E-state index contributed by atoms with van der Waals surface area (Å²) in [5, 5.41) is 2.05. The van der Waals surface area contributed by atoms with E-state index in [1.165, 1.54) is 17.0 Å². The van der Waals surface area contributed by atoms with Gasteiger partial charge in [-0.2, -0.15) is 0 Å². The smallest absolute Gasteiger partial charge is 0.124 e. The van der Waals surface area contributed by atoms with Crippen molar-refractivity contribution in [2.75, 3.05) is 0 Å². The van der Waals surface area contributed by atoms with Gasteiger partial charge in [-0.3, -0.25) is 0 Å². The molecule has 0 spiro atoms. The summed E-state index contributed by atoms with van der Waals surface area (Å²) in [5.41, 5.74) is 8.22. The minimum Gasteiger partial charge on any atom is -0.320 e. The Morgan fingerprint density at radius 2 is 2.12 bits per heavy atom. The number of nitrogens with two attached hydrogens (primary N) is 1. The molecule has 16 heavy (non-hydrogen) atoms. The predicted octanol–water partition coefficient (Wildman–Crippen LogP) is 3.85. The Bertz CT molecular complexity index is 509. The minimum atomic E-state index is -0.221. The zero-order valence-electron chi connectivity index (χ0n) is 8.71. The molecule has 1 atom stereocenters. The monoisotopic (exact) mass is 347 g/mol. The van der Waals surface area contributed by atoms with E-state index in [0.29, 0.717) is 0 Å². The van der Waals surface area contributed by atoms with Crippen LogP contribution >= 0.6 is 33.9 Å². The van der Waals surface area contributed by atoms with Gasteiger partial charge in [0.2, 0.25) is 0 Å². The largest absolute Gasteiger partial charge is 0.320 e. The third-order valence-electron chi connectivity index (χ3n) is 2.41. The van der Waals surface area contributed by atoms with Crippen LogP contribution in [-0.2, 0) is 0 Å². The lowest BCUT2D eigenvalue weighted by Crippen LogP contribution is -2.12.